The van der Waals surface area contributed by atoms with Gasteiger partial charge in [-0.1, -0.05) is 12.1 Å². The summed E-state index contributed by atoms with van der Waals surface area (Å²) in [5.41, 5.74) is 2.10. The predicted octanol–water partition coefficient (Wildman–Crippen LogP) is 2.66. The lowest BCUT2D eigenvalue weighted by Gasteiger charge is -2.13. The second kappa shape index (κ2) is 8.83. The topological polar surface area (TPSA) is 44.3 Å². The Labute approximate surface area is 147 Å². The van der Waals surface area contributed by atoms with E-state index in [2.05, 4.69) is 11.4 Å². The number of hydrogen-bond acceptors (Lipinski definition) is 3. The second-order valence-electron chi connectivity index (χ2n) is 6.26. The van der Waals surface area contributed by atoms with E-state index in [4.69, 9.17) is 14.2 Å². The predicted molar refractivity (Wildman–Crippen MR) is 93.2 cm³/mol. The molecule has 3 rings (SSSR count). The Morgan fingerprint density at radius 1 is 1.12 bits per heavy atom. The Bertz CT molecular complexity index is 669. The normalized spacial score (nSPS) is 16.8. The number of ether oxygens (including phenoxy) is 3. The van der Waals surface area contributed by atoms with E-state index in [9.17, 15) is 4.39 Å². The minimum Gasteiger partial charge on any atom is -0.493 e. The van der Waals surface area contributed by atoms with Gasteiger partial charge in [-0.05, 0) is 48.7 Å². The summed E-state index contributed by atoms with van der Waals surface area (Å²) in [6.07, 6.45) is 2.72. The highest BCUT2D eigenvalue weighted by atomic mass is 19.1. The molecule has 0 bridgehead atoms. The summed E-state index contributed by atoms with van der Waals surface area (Å²) in [6, 6.07) is 12.3. The maximum Gasteiger partial charge on any atom is 0.161 e. The zero-order valence-corrected chi connectivity index (χ0v) is 14.5. The number of rotatable bonds is 8. The molecule has 0 unspecified atom stereocenters. The van der Waals surface area contributed by atoms with E-state index >= 15 is 0 Å². The molecule has 5 heteroatoms. The zero-order chi connectivity index (χ0) is 17.5. The molecule has 1 fully saturated rings. The van der Waals surface area contributed by atoms with Gasteiger partial charge in [-0.25, -0.2) is 4.39 Å². The maximum absolute atomic E-state index is 12.9. The van der Waals surface area contributed by atoms with Crippen molar-refractivity contribution in [2.24, 2.45) is 0 Å². The molecule has 1 atom stereocenters. The Morgan fingerprint density at radius 3 is 2.64 bits per heavy atom. The van der Waals surface area contributed by atoms with Crippen molar-refractivity contribution in [1.29, 1.82) is 0 Å². The fourth-order valence-electron chi connectivity index (χ4n) is 2.97. The lowest BCUT2D eigenvalue weighted by molar-refractivity contribution is -0.676. The van der Waals surface area contributed by atoms with Gasteiger partial charge < -0.3 is 19.5 Å². The Kier molecular flexibility index (Phi) is 6.25. The molecule has 1 saturated heterocycles. The van der Waals surface area contributed by atoms with Crippen LogP contribution in [0.1, 0.15) is 24.0 Å². The number of hydrogen-bond donors (Lipinski definition) is 1. The number of halogens is 1. The molecule has 134 valence electrons. The van der Waals surface area contributed by atoms with Gasteiger partial charge in [0.1, 0.15) is 31.6 Å². The van der Waals surface area contributed by atoms with Gasteiger partial charge in [0.2, 0.25) is 0 Å². The smallest absolute Gasteiger partial charge is 0.161 e. The largest absolute Gasteiger partial charge is 0.493 e. The molecule has 0 aromatic heterocycles. The number of quaternary nitrogens is 1. The van der Waals surface area contributed by atoms with Crippen LogP contribution in [0.3, 0.4) is 0 Å². The van der Waals surface area contributed by atoms with E-state index in [0.29, 0.717) is 24.2 Å². The quantitative estimate of drug-likeness (QED) is 0.799. The first-order valence-electron chi connectivity index (χ1n) is 8.72. The molecule has 0 radical (unpaired) electrons. The maximum atomic E-state index is 12.9. The van der Waals surface area contributed by atoms with Crippen LogP contribution in [-0.4, -0.2) is 26.4 Å². The molecule has 1 aliphatic heterocycles. The van der Waals surface area contributed by atoms with Crippen LogP contribution in [0.25, 0.3) is 0 Å². The minimum absolute atomic E-state index is 0.245. The van der Waals surface area contributed by atoms with Crippen LogP contribution in [0.15, 0.2) is 42.5 Å². The molecule has 4 nitrogen and oxygen atoms in total. The van der Waals surface area contributed by atoms with Gasteiger partial charge in [-0.3, -0.25) is 0 Å². The lowest BCUT2D eigenvalue weighted by Crippen LogP contribution is -2.84. The van der Waals surface area contributed by atoms with Crippen LogP contribution in [0.5, 0.6) is 11.5 Å². The minimum atomic E-state index is -0.245. The first-order valence-corrected chi connectivity index (χ1v) is 8.72. The first kappa shape index (κ1) is 17.7. The van der Waals surface area contributed by atoms with E-state index < -0.39 is 0 Å². The summed E-state index contributed by atoms with van der Waals surface area (Å²) in [5, 5.41) is 2.27. The van der Waals surface area contributed by atoms with E-state index in [-0.39, 0.29) is 5.82 Å². The third kappa shape index (κ3) is 5.18. The fraction of sp³-hybridized carbons (Fsp3) is 0.400. The number of methoxy groups -OCH3 is 1. The highest BCUT2D eigenvalue weighted by molar-refractivity contribution is 5.42. The van der Waals surface area contributed by atoms with Crippen LogP contribution >= 0.6 is 0 Å². The van der Waals surface area contributed by atoms with E-state index in [1.165, 1.54) is 24.1 Å². The Hall–Kier alpha value is -2.11. The summed E-state index contributed by atoms with van der Waals surface area (Å²) in [5.74, 6) is 1.16. The second-order valence-corrected chi connectivity index (χ2v) is 6.26. The first-order chi connectivity index (χ1) is 12.2. The molecule has 25 heavy (non-hydrogen) atoms. The molecule has 1 aliphatic rings. The number of benzene rings is 2. The summed E-state index contributed by atoms with van der Waals surface area (Å²) in [4.78, 5) is 0. The SMILES string of the molecule is COc1cc(C[NH2+]C[C@@H]2CCCO2)ccc1OCc1ccc(F)cc1. The van der Waals surface area contributed by atoms with Crippen molar-refractivity contribution in [1.82, 2.24) is 0 Å². The van der Waals surface area contributed by atoms with Crippen LogP contribution < -0.4 is 14.8 Å². The monoisotopic (exact) mass is 346 g/mol. The Morgan fingerprint density at radius 2 is 1.92 bits per heavy atom. The van der Waals surface area contributed by atoms with Crippen molar-refractivity contribution in [2.45, 2.75) is 32.1 Å². The summed E-state index contributed by atoms with van der Waals surface area (Å²) < 4.78 is 29.8. The third-order valence-corrected chi connectivity index (χ3v) is 4.37. The van der Waals surface area contributed by atoms with E-state index in [0.717, 1.165) is 31.7 Å². The molecule has 2 N–H and O–H groups in total. The summed E-state index contributed by atoms with van der Waals surface area (Å²) in [6.45, 7) is 3.15. The molecule has 0 spiro atoms. The molecular formula is C20H25FNO3+. The molecular weight excluding hydrogens is 321 g/mol. The van der Waals surface area contributed by atoms with Gasteiger partial charge in [0.05, 0.1) is 7.11 Å². The highest BCUT2D eigenvalue weighted by Gasteiger charge is 2.17. The van der Waals surface area contributed by atoms with Crippen LogP contribution in [0.4, 0.5) is 4.39 Å². The highest BCUT2D eigenvalue weighted by Crippen LogP contribution is 2.28. The van der Waals surface area contributed by atoms with Crippen LogP contribution in [0, 0.1) is 5.82 Å². The van der Waals surface area contributed by atoms with Gasteiger partial charge >= 0.3 is 0 Å². The lowest BCUT2D eigenvalue weighted by atomic mass is 10.2. The summed E-state index contributed by atoms with van der Waals surface area (Å²) in [7, 11) is 1.64. The molecule has 1 heterocycles. The molecule has 2 aromatic carbocycles. The van der Waals surface area contributed by atoms with Gasteiger partial charge in [0.15, 0.2) is 11.5 Å². The molecule has 0 saturated carbocycles. The van der Waals surface area contributed by atoms with Crippen LogP contribution in [-0.2, 0) is 17.9 Å². The van der Waals surface area contributed by atoms with Crippen molar-refractivity contribution in [3.8, 4) is 11.5 Å². The van der Waals surface area contributed by atoms with Crippen molar-refractivity contribution < 1.29 is 23.9 Å². The van der Waals surface area contributed by atoms with Crippen molar-refractivity contribution >= 4 is 0 Å². The van der Waals surface area contributed by atoms with Crippen molar-refractivity contribution in [3.63, 3.8) is 0 Å². The van der Waals surface area contributed by atoms with Gasteiger partial charge in [0, 0.05) is 12.2 Å². The Balaban J connectivity index is 1.54. The van der Waals surface area contributed by atoms with Crippen molar-refractivity contribution in [2.75, 3.05) is 20.3 Å². The average molecular weight is 346 g/mol. The molecule has 0 aliphatic carbocycles. The van der Waals surface area contributed by atoms with E-state index in [1.807, 2.05) is 12.1 Å². The zero-order valence-electron chi connectivity index (χ0n) is 14.5. The van der Waals surface area contributed by atoms with Gasteiger partial charge in [-0.2, -0.15) is 0 Å². The van der Waals surface area contributed by atoms with Crippen LogP contribution in [0.2, 0.25) is 0 Å². The fourth-order valence-corrected chi connectivity index (χ4v) is 2.97. The molecule has 0 amide bonds. The number of nitrogens with two attached hydrogens (primary N) is 1. The van der Waals surface area contributed by atoms with Gasteiger partial charge in [-0.15, -0.1) is 0 Å². The third-order valence-electron chi connectivity index (χ3n) is 4.37. The standard InChI is InChI=1S/C20H24FNO3/c1-23-20-11-16(12-22-13-18-3-2-10-24-18)6-9-19(20)25-14-15-4-7-17(21)8-5-15/h4-9,11,18,22H,2-3,10,12-14H2,1H3/p+1/t18-/m0/s1. The summed E-state index contributed by atoms with van der Waals surface area (Å²) >= 11 is 0. The average Bonchev–Trinajstić information content (AvgIpc) is 3.15. The molecule has 2 aromatic rings. The van der Waals surface area contributed by atoms with E-state index in [1.54, 1.807) is 19.2 Å². The van der Waals surface area contributed by atoms with Gasteiger partial charge in [0.25, 0.3) is 0 Å². The van der Waals surface area contributed by atoms with Crippen molar-refractivity contribution in [3.05, 3.63) is 59.4 Å².